The third-order valence-corrected chi connectivity index (χ3v) is 6.40. The highest BCUT2D eigenvalue weighted by Crippen LogP contribution is 2.17. The number of nitrogens with zero attached hydrogens (tertiary/aromatic N) is 3. The molecule has 2 heterocycles. The second kappa shape index (κ2) is 10.4. The number of benzene rings is 2. The number of carbonyl (C=O) groups excluding carboxylic acids is 1. The van der Waals surface area contributed by atoms with Gasteiger partial charge in [0.15, 0.2) is 0 Å². The van der Waals surface area contributed by atoms with E-state index >= 15 is 0 Å². The molecule has 31 heavy (non-hydrogen) atoms. The van der Waals surface area contributed by atoms with Crippen molar-refractivity contribution < 1.29 is 9.53 Å². The summed E-state index contributed by atoms with van der Waals surface area (Å²) in [6, 6.07) is 17.1. The maximum atomic E-state index is 13.1. The van der Waals surface area contributed by atoms with Crippen molar-refractivity contribution in [2.45, 2.75) is 32.9 Å². The molecule has 2 aromatic rings. The molecule has 0 unspecified atom stereocenters. The van der Waals surface area contributed by atoms with Crippen molar-refractivity contribution in [2.75, 3.05) is 52.5 Å². The van der Waals surface area contributed by atoms with E-state index in [-0.39, 0.29) is 5.91 Å². The lowest BCUT2D eigenvalue weighted by atomic mass is 10.0. The van der Waals surface area contributed by atoms with Crippen molar-refractivity contribution in [3.63, 3.8) is 0 Å². The normalized spacial score (nSPS) is 18.5. The van der Waals surface area contributed by atoms with Crippen molar-refractivity contribution in [3.05, 3.63) is 70.8 Å². The topological polar surface area (TPSA) is 36.0 Å². The second-order valence-corrected chi connectivity index (χ2v) is 9.05. The summed E-state index contributed by atoms with van der Waals surface area (Å²) >= 11 is 0. The van der Waals surface area contributed by atoms with Crippen LogP contribution in [0.5, 0.6) is 0 Å². The summed E-state index contributed by atoms with van der Waals surface area (Å²) in [5.41, 5.74) is 4.75. The molecule has 4 rings (SSSR count). The van der Waals surface area contributed by atoms with E-state index in [9.17, 15) is 4.79 Å². The van der Waals surface area contributed by atoms with Gasteiger partial charge < -0.3 is 9.64 Å². The van der Waals surface area contributed by atoms with Crippen molar-refractivity contribution in [1.29, 1.82) is 0 Å². The highest BCUT2D eigenvalue weighted by molar-refractivity contribution is 5.94. The molecule has 2 aliphatic rings. The van der Waals surface area contributed by atoms with Crippen LogP contribution in [0.2, 0.25) is 0 Å². The van der Waals surface area contributed by atoms with Crippen LogP contribution in [0.1, 0.15) is 46.8 Å². The molecule has 0 N–H and O–H groups in total. The van der Waals surface area contributed by atoms with Crippen LogP contribution >= 0.6 is 0 Å². The predicted molar refractivity (Wildman–Crippen MR) is 124 cm³/mol. The minimum atomic E-state index is 0.157. The number of piperazine rings is 1. The molecular weight excluding hydrogens is 386 g/mol. The van der Waals surface area contributed by atoms with Crippen molar-refractivity contribution >= 4 is 5.91 Å². The van der Waals surface area contributed by atoms with Crippen LogP contribution in [-0.4, -0.2) is 73.1 Å². The van der Waals surface area contributed by atoms with E-state index in [1.54, 1.807) is 0 Å². The fourth-order valence-electron chi connectivity index (χ4n) is 4.38. The predicted octanol–water partition coefficient (Wildman–Crippen LogP) is 3.60. The zero-order valence-electron chi connectivity index (χ0n) is 18.9. The van der Waals surface area contributed by atoms with Gasteiger partial charge in [0.1, 0.15) is 0 Å². The van der Waals surface area contributed by atoms with Gasteiger partial charge in [0.25, 0.3) is 5.91 Å². The van der Waals surface area contributed by atoms with E-state index in [1.165, 1.54) is 16.7 Å². The first-order chi connectivity index (χ1) is 15.1. The number of amides is 1. The molecule has 0 spiro atoms. The van der Waals surface area contributed by atoms with Gasteiger partial charge in [-0.3, -0.25) is 14.6 Å². The van der Waals surface area contributed by atoms with Gasteiger partial charge in [-0.15, -0.1) is 0 Å². The fourth-order valence-corrected chi connectivity index (χ4v) is 4.38. The Morgan fingerprint density at radius 3 is 2.16 bits per heavy atom. The van der Waals surface area contributed by atoms with Gasteiger partial charge in [0, 0.05) is 57.9 Å². The van der Waals surface area contributed by atoms with Gasteiger partial charge >= 0.3 is 0 Å². The molecule has 0 radical (unpaired) electrons. The SMILES string of the molecule is CC(C)c1ccc(CN2CCN(C(=O)c3cccc(CN4CCOCC4)c3)CC2)cc1. The molecule has 0 aromatic heterocycles. The number of morpholine rings is 1. The molecule has 166 valence electrons. The highest BCUT2D eigenvalue weighted by Gasteiger charge is 2.22. The van der Waals surface area contributed by atoms with Crippen LogP contribution < -0.4 is 0 Å². The standard InChI is InChI=1S/C26H35N3O2/c1-21(2)24-8-6-22(7-9-24)19-27-10-12-29(13-11-27)26(30)25-5-3-4-23(18-25)20-28-14-16-31-17-15-28/h3-9,18,21H,10-17,19-20H2,1-2H3. The number of ether oxygens (including phenoxy) is 1. The first-order valence-electron chi connectivity index (χ1n) is 11.6. The largest absolute Gasteiger partial charge is 0.379 e. The van der Waals surface area contributed by atoms with E-state index in [0.717, 1.165) is 71.1 Å². The summed E-state index contributed by atoms with van der Waals surface area (Å²) in [4.78, 5) is 19.9. The first kappa shape index (κ1) is 22.0. The molecule has 5 heteroatoms. The van der Waals surface area contributed by atoms with Gasteiger partial charge in [0.05, 0.1) is 13.2 Å². The Bertz CT molecular complexity index is 851. The maximum Gasteiger partial charge on any atom is 0.253 e. The first-order valence-corrected chi connectivity index (χ1v) is 11.6. The van der Waals surface area contributed by atoms with Crippen LogP contribution in [0.3, 0.4) is 0 Å². The average Bonchev–Trinajstić information content (AvgIpc) is 2.80. The molecule has 2 aromatic carbocycles. The molecule has 2 saturated heterocycles. The van der Waals surface area contributed by atoms with Crippen molar-refractivity contribution in [1.82, 2.24) is 14.7 Å². The third kappa shape index (κ3) is 5.94. The number of hydrogen-bond donors (Lipinski definition) is 0. The van der Waals surface area contributed by atoms with Gasteiger partial charge in [-0.25, -0.2) is 0 Å². The van der Waals surface area contributed by atoms with Gasteiger partial charge in [-0.1, -0.05) is 50.2 Å². The van der Waals surface area contributed by atoms with Crippen LogP contribution in [0, 0.1) is 0 Å². The Balaban J connectivity index is 1.29. The Morgan fingerprint density at radius 2 is 1.48 bits per heavy atom. The molecule has 0 saturated carbocycles. The van der Waals surface area contributed by atoms with Crippen molar-refractivity contribution in [2.24, 2.45) is 0 Å². The van der Waals surface area contributed by atoms with E-state index in [0.29, 0.717) is 5.92 Å². The van der Waals surface area contributed by atoms with Crippen LogP contribution in [0.4, 0.5) is 0 Å². The third-order valence-electron chi connectivity index (χ3n) is 6.40. The van der Waals surface area contributed by atoms with Gasteiger partial charge in [-0.05, 0) is 34.7 Å². The van der Waals surface area contributed by atoms with E-state index in [2.05, 4.69) is 60.0 Å². The molecule has 0 aliphatic carbocycles. The second-order valence-electron chi connectivity index (χ2n) is 9.05. The number of rotatable bonds is 6. The van der Waals surface area contributed by atoms with Crippen molar-refractivity contribution in [3.8, 4) is 0 Å². The summed E-state index contributed by atoms with van der Waals surface area (Å²) in [7, 11) is 0. The van der Waals surface area contributed by atoms with Crippen LogP contribution in [0.25, 0.3) is 0 Å². The molecule has 2 fully saturated rings. The Hall–Kier alpha value is -2.21. The minimum absolute atomic E-state index is 0.157. The Labute approximate surface area is 186 Å². The summed E-state index contributed by atoms with van der Waals surface area (Å²) in [6.07, 6.45) is 0. The fraction of sp³-hybridized carbons (Fsp3) is 0.500. The van der Waals surface area contributed by atoms with E-state index in [4.69, 9.17) is 4.74 Å². The molecule has 2 aliphatic heterocycles. The van der Waals surface area contributed by atoms with Crippen LogP contribution in [0.15, 0.2) is 48.5 Å². The van der Waals surface area contributed by atoms with Gasteiger partial charge in [-0.2, -0.15) is 0 Å². The lowest BCUT2D eigenvalue weighted by Gasteiger charge is -2.35. The summed E-state index contributed by atoms with van der Waals surface area (Å²) < 4.78 is 5.43. The van der Waals surface area contributed by atoms with Crippen LogP contribution in [-0.2, 0) is 17.8 Å². The highest BCUT2D eigenvalue weighted by atomic mass is 16.5. The summed E-state index contributed by atoms with van der Waals surface area (Å²) in [5, 5.41) is 0. The summed E-state index contributed by atoms with van der Waals surface area (Å²) in [5.74, 6) is 0.723. The van der Waals surface area contributed by atoms with E-state index in [1.807, 2.05) is 17.0 Å². The zero-order chi connectivity index (χ0) is 21.6. The Kier molecular flexibility index (Phi) is 7.38. The maximum absolute atomic E-state index is 13.1. The monoisotopic (exact) mass is 421 g/mol. The quantitative estimate of drug-likeness (QED) is 0.714. The molecule has 1 amide bonds. The van der Waals surface area contributed by atoms with E-state index < -0.39 is 0 Å². The van der Waals surface area contributed by atoms with Gasteiger partial charge in [0.2, 0.25) is 0 Å². The molecular formula is C26H35N3O2. The smallest absolute Gasteiger partial charge is 0.253 e. The Morgan fingerprint density at radius 1 is 0.839 bits per heavy atom. The number of hydrogen-bond acceptors (Lipinski definition) is 4. The lowest BCUT2D eigenvalue weighted by Crippen LogP contribution is -2.48. The lowest BCUT2D eigenvalue weighted by molar-refractivity contribution is 0.0341. The average molecular weight is 422 g/mol. The molecule has 0 atom stereocenters. The molecule has 0 bridgehead atoms. The summed E-state index contributed by atoms with van der Waals surface area (Å²) in [6.45, 7) is 13.2. The minimum Gasteiger partial charge on any atom is -0.379 e. The zero-order valence-corrected chi connectivity index (χ0v) is 18.9. The number of carbonyl (C=O) groups is 1. The molecule has 5 nitrogen and oxygen atoms in total.